The lowest BCUT2D eigenvalue weighted by molar-refractivity contribution is -0.384. The van der Waals surface area contributed by atoms with Gasteiger partial charge in [0.25, 0.3) is 11.6 Å². The van der Waals surface area contributed by atoms with Crippen LogP contribution in [0.3, 0.4) is 0 Å². The summed E-state index contributed by atoms with van der Waals surface area (Å²) in [5.74, 6) is -0.633. The van der Waals surface area contributed by atoms with Gasteiger partial charge in [0, 0.05) is 42.1 Å². The predicted octanol–water partition coefficient (Wildman–Crippen LogP) is 4.91. The standard InChI is InChI=1S/C24H19ClN4O5/c1-15(30)28-24(2,17-9-13-19(14-10-17)29(32)33)34-23(27-28)20-5-3-4-6-21(20)26-22(31)16-7-11-18(25)12-8-16/h3-14H,1-2H3,(H,26,31). The highest BCUT2D eigenvalue weighted by molar-refractivity contribution is 6.30. The highest BCUT2D eigenvalue weighted by Gasteiger charge is 2.45. The average Bonchev–Trinajstić information content (AvgIpc) is 3.18. The first-order valence-electron chi connectivity index (χ1n) is 10.2. The van der Waals surface area contributed by atoms with E-state index in [9.17, 15) is 19.7 Å². The summed E-state index contributed by atoms with van der Waals surface area (Å²) in [5.41, 5.74) is 0.364. The van der Waals surface area contributed by atoms with Crippen molar-refractivity contribution in [3.8, 4) is 0 Å². The Morgan fingerprint density at radius 1 is 1.06 bits per heavy atom. The van der Waals surface area contributed by atoms with E-state index < -0.39 is 16.6 Å². The molecule has 1 N–H and O–H groups in total. The molecule has 1 aliphatic rings. The zero-order valence-corrected chi connectivity index (χ0v) is 18.9. The van der Waals surface area contributed by atoms with Crippen LogP contribution in [0.4, 0.5) is 11.4 Å². The van der Waals surface area contributed by atoms with Gasteiger partial charge < -0.3 is 10.1 Å². The number of nitrogens with zero attached hydrogens (tertiary/aromatic N) is 3. The Labute approximate surface area is 199 Å². The van der Waals surface area contributed by atoms with Crippen molar-refractivity contribution in [1.82, 2.24) is 5.01 Å². The molecule has 0 fully saturated rings. The van der Waals surface area contributed by atoms with Crippen molar-refractivity contribution >= 4 is 40.7 Å². The molecule has 0 aromatic heterocycles. The number of carbonyl (C=O) groups is 2. The van der Waals surface area contributed by atoms with Crippen molar-refractivity contribution in [2.45, 2.75) is 19.6 Å². The third-order valence-electron chi connectivity index (χ3n) is 5.31. The van der Waals surface area contributed by atoms with Crippen molar-refractivity contribution in [3.63, 3.8) is 0 Å². The molecule has 0 spiro atoms. The maximum Gasteiger partial charge on any atom is 0.269 e. The second-order valence-electron chi connectivity index (χ2n) is 7.63. The smallest absolute Gasteiger partial charge is 0.269 e. The van der Waals surface area contributed by atoms with Crippen LogP contribution >= 0.6 is 11.6 Å². The fourth-order valence-electron chi connectivity index (χ4n) is 3.57. The van der Waals surface area contributed by atoms with Gasteiger partial charge in [-0.05, 0) is 48.5 Å². The molecule has 0 bridgehead atoms. The number of benzene rings is 3. The van der Waals surface area contributed by atoms with Gasteiger partial charge in [-0.25, -0.2) is 0 Å². The molecule has 1 atom stereocenters. The molecule has 4 rings (SSSR count). The van der Waals surface area contributed by atoms with Crippen LogP contribution in [-0.4, -0.2) is 27.6 Å². The van der Waals surface area contributed by atoms with Crippen molar-refractivity contribution in [3.05, 3.63) is 105 Å². The summed E-state index contributed by atoms with van der Waals surface area (Å²) in [6, 6.07) is 19.0. The van der Waals surface area contributed by atoms with Crippen LogP contribution in [0.2, 0.25) is 5.02 Å². The number of rotatable bonds is 5. The van der Waals surface area contributed by atoms with Crippen LogP contribution in [-0.2, 0) is 15.3 Å². The monoisotopic (exact) mass is 478 g/mol. The van der Waals surface area contributed by atoms with E-state index in [1.807, 2.05) is 0 Å². The lowest BCUT2D eigenvalue weighted by Gasteiger charge is -2.31. The zero-order valence-electron chi connectivity index (χ0n) is 18.2. The molecule has 0 saturated heterocycles. The summed E-state index contributed by atoms with van der Waals surface area (Å²) < 4.78 is 6.16. The third-order valence-corrected chi connectivity index (χ3v) is 5.57. The molecule has 1 heterocycles. The number of nitro benzene ring substituents is 1. The second kappa shape index (κ2) is 8.95. The number of carbonyl (C=O) groups excluding carboxylic acids is 2. The Hall–Kier alpha value is -4.24. The minimum atomic E-state index is -1.34. The Balaban J connectivity index is 1.66. The summed E-state index contributed by atoms with van der Waals surface area (Å²) in [6.45, 7) is 2.98. The number of nitrogens with one attached hydrogen (secondary N) is 1. The van der Waals surface area contributed by atoms with E-state index in [1.165, 1.54) is 36.2 Å². The quantitative estimate of drug-likeness (QED) is 0.413. The first-order chi connectivity index (χ1) is 16.2. The van der Waals surface area contributed by atoms with E-state index in [-0.39, 0.29) is 17.5 Å². The lowest BCUT2D eigenvalue weighted by Crippen LogP contribution is -2.41. The first-order valence-corrected chi connectivity index (χ1v) is 10.6. The summed E-state index contributed by atoms with van der Waals surface area (Å²) in [5, 5.41) is 19.9. The fourth-order valence-corrected chi connectivity index (χ4v) is 3.69. The Kier molecular flexibility index (Phi) is 6.04. The summed E-state index contributed by atoms with van der Waals surface area (Å²) in [6.07, 6.45) is 0. The topological polar surface area (TPSA) is 114 Å². The van der Waals surface area contributed by atoms with Crippen LogP contribution in [0.5, 0.6) is 0 Å². The number of ether oxygens (including phenoxy) is 1. The number of amides is 2. The van der Waals surface area contributed by atoms with E-state index in [2.05, 4.69) is 10.4 Å². The van der Waals surface area contributed by atoms with Gasteiger partial charge in [-0.1, -0.05) is 23.7 Å². The van der Waals surface area contributed by atoms with E-state index >= 15 is 0 Å². The van der Waals surface area contributed by atoms with Crippen LogP contribution in [0, 0.1) is 10.1 Å². The molecule has 172 valence electrons. The molecule has 3 aromatic rings. The molecule has 34 heavy (non-hydrogen) atoms. The maximum atomic E-state index is 12.7. The molecule has 2 amide bonds. The molecule has 9 nitrogen and oxygen atoms in total. The fraction of sp³-hybridized carbons (Fsp3) is 0.125. The van der Waals surface area contributed by atoms with Crippen molar-refractivity contribution in [1.29, 1.82) is 0 Å². The van der Waals surface area contributed by atoms with Crippen LogP contribution in [0.1, 0.15) is 35.3 Å². The Morgan fingerprint density at radius 2 is 1.71 bits per heavy atom. The van der Waals surface area contributed by atoms with E-state index in [1.54, 1.807) is 55.5 Å². The molecule has 0 saturated carbocycles. The van der Waals surface area contributed by atoms with Gasteiger partial charge in [-0.2, -0.15) is 5.01 Å². The summed E-state index contributed by atoms with van der Waals surface area (Å²) in [4.78, 5) is 35.7. The third kappa shape index (κ3) is 4.33. The van der Waals surface area contributed by atoms with E-state index in [0.717, 1.165) is 0 Å². The predicted molar refractivity (Wildman–Crippen MR) is 126 cm³/mol. The molecular formula is C24H19ClN4O5. The van der Waals surface area contributed by atoms with Gasteiger partial charge in [-0.3, -0.25) is 19.7 Å². The number of para-hydroxylation sites is 1. The van der Waals surface area contributed by atoms with Crippen LogP contribution in [0.15, 0.2) is 77.9 Å². The zero-order chi connectivity index (χ0) is 24.5. The molecule has 1 unspecified atom stereocenters. The number of hydrogen-bond donors (Lipinski definition) is 1. The molecule has 0 aliphatic carbocycles. The molecule has 0 radical (unpaired) electrons. The lowest BCUT2D eigenvalue weighted by atomic mass is 10.0. The minimum absolute atomic E-state index is 0.0869. The van der Waals surface area contributed by atoms with Gasteiger partial charge in [0.2, 0.25) is 17.5 Å². The molecule has 10 heteroatoms. The van der Waals surface area contributed by atoms with Crippen molar-refractivity contribution in [2.24, 2.45) is 5.10 Å². The number of anilines is 1. The number of hydrazone groups is 1. The van der Waals surface area contributed by atoms with E-state index in [4.69, 9.17) is 16.3 Å². The SMILES string of the molecule is CC(=O)N1N=C(c2ccccc2NC(=O)c2ccc(Cl)cc2)OC1(C)c1ccc([N+](=O)[O-])cc1. The number of non-ortho nitro benzene ring substituents is 1. The molecular weight excluding hydrogens is 460 g/mol. The summed E-state index contributed by atoms with van der Waals surface area (Å²) in [7, 11) is 0. The maximum absolute atomic E-state index is 12.7. The molecule has 1 aliphatic heterocycles. The van der Waals surface area contributed by atoms with Gasteiger partial charge >= 0.3 is 0 Å². The normalized spacial score (nSPS) is 17.0. The highest BCUT2D eigenvalue weighted by Crippen LogP contribution is 2.38. The number of halogens is 1. The van der Waals surface area contributed by atoms with Gasteiger partial charge in [0.1, 0.15) is 0 Å². The molecule has 3 aromatic carbocycles. The van der Waals surface area contributed by atoms with Crippen molar-refractivity contribution in [2.75, 3.05) is 5.32 Å². The first kappa shape index (κ1) is 22.9. The minimum Gasteiger partial charge on any atom is -0.443 e. The highest BCUT2D eigenvalue weighted by atomic mass is 35.5. The average molecular weight is 479 g/mol. The number of nitro groups is 1. The Bertz CT molecular complexity index is 1310. The van der Waals surface area contributed by atoms with Gasteiger partial charge in [-0.15, -0.1) is 5.10 Å². The number of hydrogen-bond acceptors (Lipinski definition) is 6. The Morgan fingerprint density at radius 3 is 2.32 bits per heavy atom. The van der Waals surface area contributed by atoms with Crippen molar-refractivity contribution < 1.29 is 19.2 Å². The van der Waals surface area contributed by atoms with Crippen LogP contribution in [0.25, 0.3) is 0 Å². The van der Waals surface area contributed by atoms with Gasteiger partial charge in [0.05, 0.1) is 16.2 Å². The van der Waals surface area contributed by atoms with E-state index in [0.29, 0.717) is 27.4 Å². The van der Waals surface area contributed by atoms with Crippen LogP contribution < -0.4 is 5.32 Å². The largest absolute Gasteiger partial charge is 0.443 e. The van der Waals surface area contributed by atoms with Gasteiger partial charge in [0.15, 0.2) is 0 Å². The summed E-state index contributed by atoms with van der Waals surface area (Å²) >= 11 is 5.90. The second-order valence-corrected chi connectivity index (χ2v) is 8.07.